The van der Waals surface area contributed by atoms with Gasteiger partial charge in [-0.1, -0.05) is 41.6 Å². The Balaban J connectivity index is 2.18. The summed E-state index contributed by atoms with van der Waals surface area (Å²) in [5.41, 5.74) is 6.67. The molecule has 3 aromatic rings. The number of fused-ring (bicyclic) bond motifs is 1. The fourth-order valence-electron chi connectivity index (χ4n) is 1.94. The molecule has 1 atom stereocenters. The fourth-order valence-corrected chi connectivity index (χ4v) is 1.94. The van der Waals surface area contributed by atoms with E-state index in [0.29, 0.717) is 11.7 Å². The van der Waals surface area contributed by atoms with Crippen LogP contribution in [0.15, 0.2) is 47.0 Å². The highest BCUT2D eigenvalue weighted by atomic mass is 16.5. The molecule has 0 spiro atoms. The molecule has 1 unspecified atom stereocenters. The van der Waals surface area contributed by atoms with Crippen molar-refractivity contribution in [3.05, 3.63) is 48.3 Å². The lowest BCUT2D eigenvalue weighted by atomic mass is 10.0. The van der Waals surface area contributed by atoms with E-state index in [1.807, 2.05) is 37.3 Å². The Kier molecular flexibility index (Phi) is 2.57. The van der Waals surface area contributed by atoms with Crippen molar-refractivity contribution in [2.75, 3.05) is 0 Å². The summed E-state index contributed by atoms with van der Waals surface area (Å²) in [7, 11) is 0. The number of nitrogens with zero attached hydrogens (tertiary/aromatic N) is 2. The molecule has 0 saturated heterocycles. The minimum atomic E-state index is -0.225. The Bertz CT molecular complexity index is 683. The molecule has 1 aromatic heterocycles. The van der Waals surface area contributed by atoms with Crippen molar-refractivity contribution in [3.8, 4) is 11.5 Å². The van der Waals surface area contributed by atoms with Gasteiger partial charge in [-0.05, 0) is 23.8 Å². The summed E-state index contributed by atoms with van der Waals surface area (Å²) >= 11 is 0. The summed E-state index contributed by atoms with van der Waals surface area (Å²) in [6, 6.07) is 13.9. The lowest BCUT2D eigenvalue weighted by Crippen LogP contribution is -2.06. The molecular weight excluding hydrogens is 226 g/mol. The van der Waals surface area contributed by atoms with Crippen LogP contribution in [0.5, 0.6) is 0 Å². The van der Waals surface area contributed by atoms with Gasteiger partial charge in [0.25, 0.3) is 5.89 Å². The number of hydrogen-bond acceptors (Lipinski definition) is 4. The van der Waals surface area contributed by atoms with Gasteiger partial charge in [0.05, 0.1) is 6.04 Å². The van der Waals surface area contributed by atoms with Crippen LogP contribution in [0.4, 0.5) is 0 Å². The molecule has 0 aliphatic heterocycles. The molecule has 4 nitrogen and oxygen atoms in total. The van der Waals surface area contributed by atoms with Crippen LogP contribution >= 0.6 is 0 Å². The molecule has 0 amide bonds. The Morgan fingerprint density at radius 2 is 1.89 bits per heavy atom. The second-order valence-corrected chi connectivity index (χ2v) is 4.27. The highest BCUT2D eigenvalue weighted by Gasteiger charge is 2.13. The third-order valence-electron chi connectivity index (χ3n) is 2.87. The summed E-state index contributed by atoms with van der Waals surface area (Å²) in [5, 5.41) is 6.13. The first-order valence-electron chi connectivity index (χ1n) is 5.83. The summed E-state index contributed by atoms with van der Waals surface area (Å²) in [5.74, 6) is 1.04. The number of aromatic nitrogens is 2. The SMILES string of the molecule is CC(N)c1noc(-c2cccc3ccccc23)n1. The van der Waals surface area contributed by atoms with Crippen LogP contribution in [0.2, 0.25) is 0 Å². The predicted octanol–water partition coefficient (Wildman–Crippen LogP) is 2.91. The van der Waals surface area contributed by atoms with E-state index in [0.717, 1.165) is 16.3 Å². The molecule has 18 heavy (non-hydrogen) atoms. The van der Waals surface area contributed by atoms with Crippen molar-refractivity contribution in [1.82, 2.24) is 10.1 Å². The van der Waals surface area contributed by atoms with Crippen molar-refractivity contribution >= 4 is 10.8 Å². The largest absolute Gasteiger partial charge is 0.334 e. The van der Waals surface area contributed by atoms with Crippen LogP contribution in [0.3, 0.4) is 0 Å². The molecule has 0 fully saturated rings. The van der Waals surface area contributed by atoms with E-state index in [1.165, 1.54) is 0 Å². The number of hydrogen-bond donors (Lipinski definition) is 1. The predicted molar refractivity (Wildman–Crippen MR) is 69.8 cm³/mol. The maximum Gasteiger partial charge on any atom is 0.258 e. The van der Waals surface area contributed by atoms with E-state index < -0.39 is 0 Å². The monoisotopic (exact) mass is 239 g/mol. The van der Waals surface area contributed by atoms with Crippen LogP contribution in [0.1, 0.15) is 18.8 Å². The topological polar surface area (TPSA) is 64.9 Å². The Morgan fingerprint density at radius 3 is 2.67 bits per heavy atom. The molecule has 1 heterocycles. The van der Waals surface area contributed by atoms with Gasteiger partial charge in [0.15, 0.2) is 5.82 Å². The van der Waals surface area contributed by atoms with Gasteiger partial charge in [0.1, 0.15) is 0 Å². The second kappa shape index (κ2) is 4.23. The summed E-state index contributed by atoms with van der Waals surface area (Å²) in [6.07, 6.45) is 0. The van der Waals surface area contributed by atoms with Crippen LogP contribution in [0.25, 0.3) is 22.2 Å². The zero-order chi connectivity index (χ0) is 12.5. The van der Waals surface area contributed by atoms with Gasteiger partial charge in [0, 0.05) is 5.56 Å². The van der Waals surface area contributed by atoms with E-state index in [-0.39, 0.29) is 6.04 Å². The average molecular weight is 239 g/mol. The van der Waals surface area contributed by atoms with Crippen molar-refractivity contribution in [2.45, 2.75) is 13.0 Å². The number of benzene rings is 2. The molecular formula is C14H13N3O. The van der Waals surface area contributed by atoms with Crippen molar-refractivity contribution in [3.63, 3.8) is 0 Å². The van der Waals surface area contributed by atoms with Gasteiger partial charge in [-0.25, -0.2) is 0 Å². The minimum Gasteiger partial charge on any atom is -0.334 e. The number of nitrogens with two attached hydrogens (primary N) is 1. The lowest BCUT2D eigenvalue weighted by molar-refractivity contribution is 0.418. The second-order valence-electron chi connectivity index (χ2n) is 4.27. The first kappa shape index (κ1) is 10.9. The van der Waals surface area contributed by atoms with E-state index in [9.17, 15) is 0 Å². The first-order valence-corrected chi connectivity index (χ1v) is 5.83. The third-order valence-corrected chi connectivity index (χ3v) is 2.87. The van der Waals surface area contributed by atoms with Gasteiger partial charge in [0.2, 0.25) is 0 Å². The Hall–Kier alpha value is -2.20. The van der Waals surface area contributed by atoms with E-state index >= 15 is 0 Å². The van der Waals surface area contributed by atoms with Gasteiger partial charge in [-0.2, -0.15) is 4.98 Å². The van der Waals surface area contributed by atoms with Gasteiger partial charge >= 0.3 is 0 Å². The van der Waals surface area contributed by atoms with Crippen LogP contribution < -0.4 is 5.73 Å². The molecule has 2 N–H and O–H groups in total. The zero-order valence-corrected chi connectivity index (χ0v) is 10.00. The molecule has 4 heteroatoms. The Labute approximate surface area is 104 Å². The minimum absolute atomic E-state index is 0.225. The van der Waals surface area contributed by atoms with Crippen molar-refractivity contribution in [1.29, 1.82) is 0 Å². The van der Waals surface area contributed by atoms with E-state index in [2.05, 4.69) is 22.3 Å². The maximum atomic E-state index is 5.73. The maximum absolute atomic E-state index is 5.73. The van der Waals surface area contributed by atoms with Crippen molar-refractivity contribution in [2.24, 2.45) is 5.73 Å². The average Bonchev–Trinajstić information content (AvgIpc) is 2.87. The summed E-state index contributed by atoms with van der Waals surface area (Å²) < 4.78 is 5.28. The van der Waals surface area contributed by atoms with Crippen LogP contribution in [-0.4, -0.2) is 10.1 Å². The smallest absolute Gasteiger partial charge is 0.258 e. The van der Waals surface area contributed by atoms with E-state index in [1.54, 1.807) is 0 Å². The number of rotatable bonds is 2. The molecule has 0 aliphatic rings. The van der Waals surface area contributed by atoms with Crippen LogP contribution in [-0.2, 0) is 0 Å². The molecule has 0 aliphatic carbocycles. The molecule has 0 saturated carbocycles. The van der Waals surface area contributed by atoms with Crippen molar-refractivity contribution < 1.29 is 4.52 Å². The quantitative estimate of drug-likeness (QED) is 0.746. The summed E-state index contributed by atoms with van der Waals surface area (Å²) in [4.78, 5) is 4.33. The molecule has 2 aromatic carbocycles. The van der Waals surface area contributed by atoms with E-state index in [4.69, 9.17) is 10.3 Å². The van der Waals surface area contributed by atoms with Gasteiger partial charge in [-0.15, -0.1) is 0 Å². The normalized spacial score (nSPS) is 12.8. The standard InChI is InChI=1S/C14H13N3O/c1-9(15)13-16-14(18-17-13)12-8-4-6-10-5-2-3-7-11(10)12/h2-9H,15H2,1H3. The first-order chi connectivity index (χ1) is 8.75. The third kappa shape index (κ3) is 1.76. The summed E-state index contributed by atoms with van der Waals surface area (Å²) in [6.45, 7) is 1.83. The van der Waals surface area contributed by atoms with Gasteiger partial charge < -0.3 is 10.3 Å². The highest BCUT2D eigenvalue weighted by Crippen LogP contribution is 2.27. The fraction of sp³-hybridized carbons (Fsp3) is 0.143. The van der Waals surface area contributed by atoms with Crippen LogP contribution in [0, 0.1) is 0 Å². The zero-order valence-electron chi connectivity index (χ0n) is 10.00. The van der Waals surface area contributed by atoms with Gasteiger partial charge in [-0.3, -0.25) is 0 Å². The molecule has 3 rings (SSSR count). The highest BCUT2D eigenvalue weighted by molar-refractivity contribution is 5.94. The lowest BCUT2D eigenvalue weighted by Gasteiger charge is -2.01. The molecule has 90 valence electrons. The molecule has 0 radical (unpaired) electrons. The Morgan fingerprint density at radius 1 is 1.11 bits per heavy atom. The molecule has 0 bridgehead atoms.